The highest BCUT2D eigenvalue weighted by atomic mass is 16.5. The summed E-state index contributed by atoms with van der Waals surface area (Å²) in [6, 6.07) is 20.9. The molecule has 126 valence electrons. The number of ether oxygens (including phenoxy) is 1. The number of hydrogen-bond donors (Lipinski definition) is 1. The summed E-state index contributed by atoms with van der Waals surface area (Å²) in [4.78, 5) is 12.1. The molecule has 0 unspecified atom stereocenters. The molecule has 0 radical (unpaired) electrons. The quantitative estimate of drug-likeness (QED) is 0.703. The van der Waals surface area contributed by atoms with Crippen molar-refractivity contribution in [2.45, 2.75) is 6.92 Å². The van der Waals surface area contributed by atoms with Gasteiger partial charge in [0.15, 0.2) is 0 Å². The van der Waals surface area contributed by atoms with Crippen molar-refractivity contribution in [3.8, 4) is 17.1 Å². The Bertz CT molecular complexity index is 833. The van der Waals surface area contributed by atoms with Gasteiger partial charge in [0.1, 0.15) is 6.61 Å². The van der Waals surface area contributed by atoms with E-state index in [1.807, 2.05) is 61.5 Å². The molecule has 0 saturated heterocycles. The Balaban J connectivity index is 1.48. The van der Waals surface area contributed by atoms with Crippen LogP contribution >= 0.6 is 0 Å². The molecule has 0 bridgehead atoms. The molecule has 0 saturated carbocycles. The maximum Gasteiger partial charge on any atom is 0.251 e. The van der Waals surface area contributed by atoms with Crippen molar-refractivity contribution in [1.29, 1.82) is 0 Å². The van der Waals surface area contributed by atoms with Crippen LogP contribution < -0.4 is 10.1 Å². The van der Waals surface area contributed by atoms with Crippen molar-refractivity contribution < 1.29 is 9.53 Å². The predicted molar refractivity (Wildman–Crippen MR) is 96.5 cm³/mol. The van der Waals surface area contributed by atoms with Gasteiger partial charge in [-0.1, -0.05) is 48.5 Å². The number of aryl methyl sites for hydroxylation is 1. The normalized spacial score (nSPS) is 10.3. The first-order valence-electron chi connectivity index (χ1n) is 8.10. The Hall–Kier alpha value is -3.21. The molecule has 3 rings (SSSR count). The van der Waals surface area contributed by atoms with Crippen molar-refractivity contribution in [3.05, 3.63) is 77.9 Å². The third-order valence-electron chi connectivity index (χ3n) is 3.74. The number of nitrogens with one attached hydrogen (secondary N) is 1. The highest BCUT2D eigenvalue weighted by molar-refractivity contribution is 5.95. The number of nitrogens with zero attached hydrogens (tertiary/aromatic N) is 2. The Morgan fingerprint density at radius 3 is 2.44 bits per heavy atom. The van der Waals surface area contributed by atoms with Crippen molar-refractivity contribution in [2.75, 3.05) is 13.2 Å². The van der Waals surface area contributed by atoms with E-state index in [0.717, 1.165) is 16.8 Å². The molecule has 0 aliphatic carbocycles. The van der Waals surface area contributed by atoms with Gasteiger partial charge < -0.3 is 10.1 Å². The zero-order valence-corrected chi connectivity index (χ0v) is 14.0. The number of benzene rings is 2. The first kappa shape index (κ1) is 16.6. The lowest BCUT2D eigenvalue weighted by Crippen LogP contribution is -2.28. The van der Waals surface area contributed by atoms with E-state index in [0.29, 0.717) is 24.6 Å². The summed E-state index contributed by atoms with van der Waals surface area (Å²) in [5.41, 5.74) is 3.42. The Morgan fingerprint density at radius 1 is 0.960 bits per heavy atom. The van der Waals surface area contributed by atoms with Gasteiger partial charge in [0, 0.05) is 17.2 Å². The predicted octanol–water partition coefficient (Wildman–Crippen LogP) is 3.26. The topological polar surface area (TPSA) is 64.1 Å². The average Bonchev–Trinajstić information content (AvgIpc) is 2.66. The van der Waals surface area contributed by atoms with Crippen LogP contribution in [0, 0.1) is 6.92 Å². The fourth-order valence-electron chi connectivity index (χ4n) is 2.40. The average molecular weight is 333 g/mol. The van der Waals surface area contributed by atoms with Crippen LogP contribution in [0.5, 0.6) is 5.88 Å². The van der Waals surface area contributed by atoms with Gasteiger partial charge in [0.05, 0.1) is 12.2 Å². The van der Waals surface area contributed by atoms with Crippen LogP contribution in [0.15, 0.2) is 66.7 Å². The Labute approximate surface area is 146 Å². The zero-order valence-electron chi connectivity index (χ0n) is 14.0. The number of amides is 1. The number of carbonyl (C=O) groups is 1. The van der Waals surface area contributed by atoms with Crippen LogP contribution in [-0.2, 0) is 0 Å². The minimum Gasteiger partial charge on any atom is -0.475 e. The summed E-state index contributed by atoms with van der Waals surface area (Å²) in [5.74, 6) is 0.331. The molecular weight excluding hydrogens is 314 g/mol. The Morgan fingerprint density at radius 2 is 1.72 bits per heavy atom. The lowest BCUT2D eigenvalue weighted by molar-refractivity contribution is 0.0946. The van der Waals surface area contributed by atoms with E-state index in [4.69, 9.17) is 4.74 Å². The van der Waals surface area contributed by atoms with Gasteiger partial charge in [-0.05, 0) is 24.6 Å². The SMILES string of the molecule is Cc1ccccc1C(=O)NCCOc1ccc(-c2ccccc2)nn1. The lowest BCUT2D eigenvalue weighted by Gasteiger charge is -2.08. The molecule has 0 atom stereocenters. The summed E-state index contributed by atoms with van der Waals surface area (Å²) in [6.45, 7) is 2.64. The maximum absolute atomic E-state index is 12.1. The van der Waals surface area contributed by atoms with Gasteiger partial charge in [0.25, 0.3) is 5.91 Å². The minimum absolute atomic E-state index is 0.104. The van der Waals surface area contributed by atoms with Crippen LogP contribution in [0.25, 0.3) is 11.3 Å². The molecule has 0 spiro atoms. The third kappa shape index (κ3) is 4.41. The molecule has 25 heavy (non-hydrogen) atoms. The van der Waals surface area contributed by atoms with E-state index >= 15 is 0 Å². The third-order valence-corrected chi connectivity index (χ3v) is 3.74. The second kappa shape index (κ2) is 8.06. The van der Waals surface area contributed by atoms with Crippen LogP contribution in [0.3, 0.4) is 0 Å². The zero-order chi connectivity index (χ0) is 17.5. The molecule has 1 N–H and O–H groups in total. The first-order valence-corrected chi connectivity index (χ1v) is 8.10. The maximum atomic E-state index is 12.1. The number of carbonyl (C=O) groups excluding carboxylic acids is 1. The second-order valence-electron chi connectivity index (χ2n) is 5.54. The molecule has 0 aliphatic rings. The first-order chi connectivity index (χ1) is 12.2. The van der Waals surface area contributed by atoms with E-state index in [2.05, 4.69) is 15.5 Å². The molecule has 1 aromatic heterocycles. The minimum atomic E-state index is -0.104. The van der Waals surface area contributed by atoms with Crippen LogP contribution in [-0.4, -0.2) is 29.3 Å². The smallest absolute Gasteiger partial charge is 0.251 e. The summed E-state index contributed by atoms with van der Waals surface area (Å²) >= 11 is 0. The molecule has 3 aromatic rings. The van der Waals surface area contributed by atoms with Gasteiger partial charge in [0.2, 0.25) is 5.88 Å². The van der Waals surface area contributed by atoms with E-state index in [1.54, 1.807) is 12.1 Å². The van der Waals surface area contributed by atoms with Gasteiger partial charge in [-0.25, -0.2) is 0 Å². The monoisotopic (exact) mass is 333 g/mol. The van der Waals surface area contributed by atoms with Crippen molar-refractivity contribution in [2.24, 2.45) is 0 Å². The molecule has 5 nitrogen and oxygen atoms in total. The number of hydrogen-bond acceptors (Lipinski definition) is 4. The van der Waals surface area contributed by atoms with Crippen molar-refractivity contribution in [1.82, 2.24) is 15.5 Å². The molecule has 1 heterocycles. The van der Waals surface area contributed by atoms with Gasteiger partial charge in [-0.15, -0.1) is 10.2 Å². The van der Waals surface area contributed by atoms with E-state index in [1.165, 1.54) is 0 Å². The molecule has 1 amide bonds. The standard InChI is InChI=1S/C20H19N3O2/c1-15-7-5-6-10-17(15)20(24)21-13-14-25-19-12-11-18(22-23-19)16-8-3-2-4-9-16/h2-12H,13-14H2,1H3,(H,21,24). The van der Waals surface area contributed by atoms with Gasteiger partial charge in [-0.3, -0.25) is 4.79 Å². The van der Waals surface area contributed by atoms with Gasteiger partial charge in [-0.2, -0.15) is 0 Å². The molecule has 0 fully saturated rings. The van der Waals surface area contributed by atoms with E-state index in [-0.39, 0.29) is 5.91 Å². The van der Waals surface area contributed by atoms with Gasteiger partial charge >= 0.3 is 0 Å². The van der Waals surface area contributed by atoms with Crippen molar-refractivity contribution in [3.63, 3.8) is 0 Å². The highest BCUT2D eigenvalue weighted by Gasteiger charge is 2.07. The van der Waals surface area contributed by atoms with Crippen LogP contribution in [0.1, 0.15) is 15.9 Å². The number of aromatic nitrogens is 2. The lowest BCUT2D eigenvalue weighted by atomic mass is 10.1. The molecule has 2 aromatic carbocycles. The van der Waals surface area contributed by atoms with Crippen LogP contribution in [0.2, 0.25) is 0 Å². The summed E-state index contributed by atoms with van der Waals surface area (Å²) in [5, 5.41) is 11.1. The molecule has 5 heteroatoms. The van der Waals surface area contributed by atoms with Crippen molar-refractivity contribution >= 4 is 5.91 Å². The number of rotatable bonds is 6. The summed E-state index contributed by atoms with van der Waals surface area (Å²) in [6.07, 6.45) is 0. The highest BCUT2D eigenvalue weighted by Crippen LogP contribution is 2.16. The van der Waals surface area contributed by atoms with Crippen LogP contribution in [0.4, 0.5) is 0 Å². The Kier molecular flexibility index (Phi) is 5.36. The fraction of sp³-hybridized carbons (Fsp3) is 0.150. The summed E-state index contributed by atoms with van der Waals surface area (Å²) < 4.78 is 5.53. The fourth-order valence-corrected chi connectivity index (χ4v) is 2.40. The largest absolute Gasteiger partial charge is 0.475 e. The summed E-state index contributed by atoms with van der Waals surface area (Å²) in [7, 11) is 0. The molecular formula is C20H19N3O2. The van der Waals surface area contributed by atoms with E-state index in [9.17, 15) is 4.79 Å². The second-order valence-corrected chi connectivity index (χ2v) is 5.54. The molecule has 0 aliphatic heterocycles. The van der Waals surface area contributed by atoms with E-state index < -0.39 is 0 Å².